The first-order valence-corrected chi connectivity index (χ1v) is 5.87. The summed E-state index contributed by atoms with van der Waals surface area (Å²) in [5.41, 5.74) is 7.35. The lowest BCUT2D eigenvalue weighted by atomic mass is 10.1. The number of benzene rings is 1. The molecule has 0 saturated carbocycles. The zero-order valence-electron chi connectivity index (χ0n) is 8.82. The molecule has 1 aliphatic rings. The first-order valence-electron chi connectivity index (χ1n) is 5.50. The summed E-state index contributed by atoms with van der Waals surface area (Å²) >= 11 is 5.84. The van der Waals surface area contributed by atoms with E-state index in [9.17, 15) is 0 Å². The van der Waals surface area contributed by atoms with Gasteiger partial charge in [-0.05, 0) is 43.5 Å². The normalized spacial score (nSPS) is 22.9. The molecule has 0 aromatic heterocycles. The van der Waals surface area contributed by atoms with Gasteiger partial charge in [0.25, 0.3) is 0 Å². The van der Waals surface area contributed by atoms with E-state index in [-0.39, 0.29) is 6.17 Å². The first kappa shape index (κ1) is 10.9. The van der Waals surface area contributed by atoms with Crippen LogP contribution in [0.1, 0.15) is 24.8 Å². The molecule has 1 fully saturated rings. The van der Waals surface area contributed by atoms with Crippen LogP contribution >= 0.6 is 11.6 Å². The molecule has 1 aliphatic heterocycles. The molecule has 1 aromatic rings. The molecule has 0 bridgehead atoms. The Morgan fingerprint density at radius 2 is 2.00 bits per heavy atom. The highest BCUT2D eigenvalue weighted by Crippen LogP contribution is 2.17. The summed E-state index contributed by atoms with van der Waals surface area (Å²) in [6.45, 7) is 2.06. The molecule has 0 radical (unpaired) electrons. The number of hydrogen-bond donors (Lipinski definition) is 1. The van der Waals surface area contributed by atoms with Crippen LogP contribution in [0.4, 0.5) is 0 Å². The van der Waals surface area contributed by atoms with Gasteiger partial charge in [-0.15, -0.1) is 0 Å². The van der Waals surface area contributed by atoms with Gasteiger partial charge in [-0.3, -0.25) is 4.90 Å². The number of nitrogens with two attached hydrogens (primary N) is 1. The third-order valence-corrected chi connectivity index (χ3v) is 3.22. The van der Waals surface area contributed by atoms with Gasteiger partial charge < -0.3 is 5.73 Å². The van der Waals surface area contributed by atoms with Crippen LogP contribution in [0, 0.1) is 0 Å². The minimum absolute atomic E-state index is 0.231. The molecule has 2 N–H and O–H groups in total. The molecule has 0 aliphatic carbocycles. The molecule has 3 heteroatoms. The van der Waals surface area contributed by atoms with Crippen molar-refractivity contribution < 1.29 is 0 Å². The molecular formula is C12H17ClN2. The van der Waals surface area contributed by atoms with E-state index in [2.05, 4.69) is 17.0 Å². The molecule has 1 saturated heterocycles. The lowest BCUT2D eigenvalue weighted by Crippen LogP contribution is -2.44. The summed E-state index contributed by atoms with van der Waals surface area (Å²) in [7, 11) is 0. The zero-order chi connectivity index (χ0) is 10.7. The van der Waals surface area contributed by atoms with Crippen molar-refractivity contribution in [2.45, 2.75) is 32.0 Å². The third kappa shape index (κ3) is 2.94. The van der Waals surface area contributed by atoms with Crippen LogP contribution in [0.5, 0.6) is 0 Å². The zero-order valence-corrected chi connectivity index (χ0v) is 9.58. The maximum atomic E-state index is 6.06. The molecule has 0 spiro atoms. The molecule has 82 valence electrons. The smallest absolute Gasteiger partial charge is 0.0574 e. The predicted molar refractivity (Wildman–Crippen MR) is 63.7 cm³/mol. The first-order chi connectivity index (χ1) is 7.25. The van der Waals surface area contributed by atoms with Crippen molar-refractivity contribution in [3.05, 3.63) is 34.9 Å². The van der Waals surface area contributed by atoms with Gasteiger partial charge in [-0.25, -0.2) is 0 Å². The van der Waals surface area contributed by atoms with Crippen molar-refractivity contribution in [3.8, 4) is 0 Å². The monoisotopic (exact) mass is 224 g/mol. The Kier molecular flexibility index (Phi) is 3.62. The largest absolute Gasteiger partial charge is 0.316 e. The van der Waals surface area contributed by atoms with Crippen molar-refractivity contribution in [3.63, 3.8) is 0 Å². The van der Waals surface area contributed by atoms with Crippen LogP contribution in [0.15, 0.2) is 24.3 Å². The van der Waals surface area contributed by atoms with E-state index in [1.807, 2.05) is 12.1 Å². The lowest BCUT2D eigenvalue weighted by molar-refractivity contribution is 0.144. The Bertz CT molecular complexity index is 310. The fourth-order valence-electron chi connectivity index (χ4n) is 2.04. The summed E-state index contributed by atoms with van der Waals surface area (Å²) in [6, 6.07) is 8.02. The predicted octanol–water partition coefficient (Wildman–Crippen LogP) is 2.61. The number of rotatable bonds is 2. The standard InChI is InChI=1S/C12H17ClN2/c13-11-6-4-10(5-7-11)9-15-8-2-1-3-12(15)14/h4-7,12H,1-3,8-9,14H2. The van der Waals surface area contributed by atoms with Crippen LogP contribution in [-0.2, 0) is 6.54 Å². The van der Waals surface area contributed by atoms with Crippen molar-refractivity contribution in [1.82, 2.24) is 4.90 Å². The van der Waals surface area contributed by atoms with Crippen molar-refractivity contribution in [1.29, 1.82) is 0 Å². The van der Waals surface area contributed by atoms with Crippen LogP contribution in [0.2, 0.25) is 5.02 Å². The average Bonchev–Trinajstić information content (AvgIpc) is 2.25. The second-order valence-electron chi connectivity index (χ2n) is 4.16. The van der Waals surface area contributed by atoms with E-state index < -0.39 is 0 Å². The van der Waals surface area contributed by atoms with Gasteiger partial charge in [0.05, 0.1) is 6.17 Å². The van der Waals surface area contributed by atoms with Crippen molar-refractivity contribution >= 4 is 11.6 Å². The number of halogens is 1. The lowest BCUT2D eigenvalue weighted by Gasteiger charge is -2.32. The van der Waals surface area contributed by atoms with Gasteiger partial charge in [-0.2, -0.15) is 0 Å². The van der Waals surface area contributed by atoms with E-state index in [4.69, 9.17) is 17.3 Å². The van der Waals surface area contributed by atoms with E-state index in [0.717, 1.165) is 24.5 Å². The highest BCUT2D eigenvalue weighted by molar-refractivity contribution is 6.30. The van der Waals surface area contributed by atoms with Gasteiger partial charge in [-0.1, -0.05) is 23.7 Å². The summed E-state index contributed by atoms with van der Waals surface area (Å²) in [6.07, 6.45) is 3.88. The van der Waals surface area contributed by atoms with E-state index in [1.165, 1.54) is 18.4 Å². The van der Waals surface area contributed by atoms with Crippen LogP contribution in [-0.4, -0.2) is 17.6 Å². The molecule has 0 amide bonds. The highest BCUT2D eigenvalue weighted by atomic mass is 35.5. The van der Waals surface area contributed by atoms with Crippen LogP contribution in [0.25, 0.3) is 0 Å². The number of nitrogens with zero attached hydrogens (tertiary/aromatic N) is 1. The summed E-state index contributed by atoms with van der Waals surface area (Å²) in [5, 5.41) is 0.793. The van der Waals surface area contributed by atoms with Gasteiger partial charge in [0.15, 0.2) is 0 Å². The van der Waals surface area contributed by atoms with E-state index >= 15 is 0 Å². The fraction of sp³-hybridized carbons (Fsp3) is 0.500. The number of likely N-dealkylation sites (tertiary alicyclic amines) is 1. The van der Waals surface area contributed by atoms with Crippen molar-refractivity contribution in [2.24, 2.45) is 5.73 Å². The Balaban J connectivity index is 1.98. The molecule has 1 aromatic carbocycles. The maximum Gasteiger partial charge on any atom is 0.0574 e. The minimum Gasteiger partial charge on any atom is -0.316 e. The number of hydrogen-bond acceptors (Lipinski definition) is 2. The maximum absolute atomic E-state index is 6.06. The fourth-order valence-corrected chi connectivity index (χ4v) is 2.16. The Morgan fingerprint density at radius 3 is 2.67 bits per heavy atom. The highest BCUT2D eigenvalue weighted by Gasteiger charge is 2.18. The quantitative estimate of drug-likeness (QED) is 0.837. The van der Waals surface area contributed by atoms with Gasteiger partial charge in [0.2, 0.25) is 0 Å². The molecular weight excluding hydrogens is 208 g/mol. The second-order valence-corrected chi connectivity index (χ2v) is 4.60. The van der Waals surface area contributed by atoms with Crippen LogP contribution < -0.4 is 5.73 Å². The molecule has 1 heterocycles. The Hall–Kier alpha value is -0.570. The molecule has 1 atom stereocenters. The molecule has 2 rings (SSSR count). The topological polar surface area (TPSA) is 29.3 Å². The second kappa shape index (κ2) is 4.97. The van der Waals surface area contributed by atoms with Gasteiger partial charge in [0, 0.05) is 11.6 Å². The van der Waals surface area contributed by atoms with Crippen LogP contribution in [0.3, 0.4) is 0 Å². The number of piperidine rings is 1. The third-order valence-electron chi connectivity index (χ3n) is 2.96. The Morgan fingerprint density at radius 1 is 1.27 bits per heavy atom. The van der Waals surface area contributed by atoms with Gasteiger partial charge >= 0.3 is 0 Å². The molecule has 1 unspecified atom stereocenters. The van der Waals surface area contributed by atoms with E-state index in [0.29, 0.717) is 0 Å². The summed E-state index contributed by atoms with van der Waals surface area (Å²) in [5.74, 6) is 0. The van der Waals surface area contributed by atoms with Crippen molar-refractivity contribution in [2.75, 3.05) is 6.54 Å². The SMILES string of the molecule is NC1CCCCN1Cc1ccc(Cl)cc1. The molecule has 15 heavy (non-hydrogen) atoms. The average molecular weight is 225 g/mol. The minimum atomic E-state index is 0.231. The van der Waals surface area contributed by atoms with Gasteiger partial charge in [0.1, 0.15) is 0 Å². The molecule has 2 nitrogen and oxygen atoms in total. The van der Waals surface area contributed by atoms with E-state index in [1.54, 1.807) is 0 Å². The summed E-state index contributed by atoms with van der Waals surface area (Å²) in [4.78, 5) is 2.34. The Labute approximate surface area is 96.0 Å². The summed E-state index contributed by atoms with van der Waals surface area (Å²) < 4.78 is 0.